The molecule has 9 aromatic rings. The van der Waals surface area contributed by atoms with E-state index in [1.54, 1.807) is 0 Å². The molecule has 1 aromatic heterocycles. The molecule has 1 heterocycles. The number of hydrogen-bond acceptors (Lipinski definition) is 2. The van der Waals surface area contributed by atoms with Crippen molar-refractivity contribution in [1.82, 2.24) is 4.98 Å². The maximum absolute atomic E-state index is 5.83. The number of hydrogen-bond donors (Lipinski definition) is 1. The lowest BCUT2D eigenvalue weighted by atomic mass is 9.90. The predicted octanol–water partition coefficient (Wildman–Crippen LogP) is 11.8. The van der Waals surface area contributed by atoms with Crippen molar-refractivity contribution in [2.45, 2.75) is 6.54 Å². The highest BCUT2D eigenvalue weighted by Crippen LogP contribution is 2.41. The SMILES string of the molecule is NCc1ccc(-c2ccc(-c3cc(-c4ccc5ccccc5c4)c4cc(-c5ccc6ccccc6c5)c5ccccc5c4n3)cc2)cc1. The molecule has 0 bridgehead atoms. The molecule has 0 amide bonds. The van der Waals surface area contributed by atoms with E-state index in [2.05, 4.69) is 170 Å². The van der Waals surface area contributed by atoms with Gasteiger partial charge < -0.3 is 5.73 Å². The van der Waals surface area contributed by atoms with Crippen molar-refractivity contribution in [1.29, 1.82) is 0 Å². The summed E-state index contributed by atoms with van der Waals surface area (Å²) in [5, 5.41) is 8.44. The van der Waals surface area contributed by atoms with Gasteiger partial charge in [0.2, 0.25) is 0 Å². The largest absolute Gasteiger partial charge is 0.326 e. The third-order valence-electron chi connectivity index (χ3n) is 9.64. The number of pyridine rings is 1. The van der Waals surface area contributed by atoms with Crippen LogP contribution in [0.2, 0.25) is 0 Å². The molecule has 0 radical (unpaired) electrons. The van der Waals surface area contributed by atoms with E-state index in [-0.39, 0.29) is 0 Å². The van der Waals surface area contributed by atoms with Crippen LogP contribution in [0.4, 0.5) is 0 Å². The first kappa shape index (κ1) is 28.2. The summed E-state index contributed by atoms with van der Waals surface area (Å²) in [5.41, 5.74) is 17.1. The van der Waals surface area contributed by atoms with Crippen LogP contribution in [0, 0.1) is 0 Å². The van der Waals surface area contributed by atoms with Gasteiger partial charge >= 0.3 is 0 Å². The number of benzene rings is 8. The molecule has 0 atom stereocenters. The minimum atomic E-state index is 0.546. The fourth-order valence-electron chi connectivity index (χ4n) is 7.06. The van der Waals surface area contributed by atoms with E-state index in [1.165, 1.54) is 60.3 Å². The first-order valence-corrected chi connectivity index (χ1v) is 16.5. The third kappa shape index (κ3) is 4.91. The molecule has 0 saturated heterocycles. The number of nitrogens with two attached hydrogens (primary N) is 1. The monoisotopic (exact) mass is 612 g/mol. The summed E-state index contributed by atoms with van der Waals surface area (Å²) in [7, 11) is 0. The summed E-state index contributed by atoms with van der Waals surface area (Å²) < 4.78 is 0. The van der Waals surface area contributed by atoms with Crippen LogP contribution in [0.25, 0.3) is 87.9 Å². The Labute approximate surface area is 279 Å². The minimum Gasteiger partial charge on any atom is -0.326 e. The Kier molecular flexibility index (Phi) is 6.81. The fourth-order valence-corrected chi connectivity index (χ4v) is 7.06. The molecule has 226 valence electrons. The van der Waals surface area contributed by atoms with Crippen LogP contribution in [0.3, 0.4) is 0 Å². The number of fused-ring (bicyclic) bond motifs is 5. The van der Waals surface area contributed by atoms with Crippen molar-refractivity contribution >= 4 is 43.2 Å². The molecule has 2 heteroatoms. The quantitative estimate of drug-likeness (QED) is 0.196. The summed E-state index contributed by atoms with van der Waals surface area (Å²) in [6.07, 6.45) is 0. The van der Waals surface area contributed by atoms with Gasteiger partial charge in [-0.1, -0.05) is 146 Å². The lowest BCUT2D eigenvalue weighted by Crippen LogP contribution is -1.95. The highest BCUT2D eigenvalue weighted by Gasteiger charge is 2.16. The lowest BCUT2D eigenvalue weighted by molar-refractivity contribution is 1.07. The summed E-state index contributed by atoms with van der Waals surface area (Å²) in [4.78, 5) is 5.42. The molecule has 0 unspecified atom stereocenters. The standard InChI is InChI=1S/C46H32N2/c47-29-30-13-15-33(16-14-30)34-17-21-35(22-18-34)45-28-43(39-24-20-32-8-2-4-10-37(32)26-39)44-27-42(40-11-5-6-12-41(40)46(44)48-45)38-23-19-31-7-1-3-9-36(31)25-38/h1-28H,29,47H2. The van der Waals surface area contributed by atoms with Gasteiger partial charge in [-0.3, -0.25) is 0 Å². The molecule has 2 nitrogen and oxygen atoms in total. The molecule has 48 heavy (non-hydrogen) atoms. The van der Waals surface area contributed by atoms with Crippen LogP contribution in [0.1, 0.15) is 5.56 Å². The zero-order valence-corrected chi connectivity index (χ0v) is 26.4. The second-order valence-electron chi connectivity index (χ2n) is 12.5. The first-order chi connectivity index (χ1) is 23.7. The van der Waals surface area contributed by atoms with Crippen molar-refractivity contribution in [3.63, 3.8) is 0 Å². The predicted molar refractivity (Wildman–Crippen MR) is 204 cm³/mol. The Morgan fingerprint density at radius 3 is 1.46 bits per heavy atom. The molecule has 0 fully saturated rings. The molecular formula is C46H32N2. The molecule has 2 N–H and O–H groups in total. The van der Waals surface area contributed by atoms with Crippen LogP contribution in [0.5, 0.6) is 0 Å². The molecule has 0 spiro atoms. The Morgan fingerprint density at radius 2 is 0.854 bits per heavy atom. The summed E-state index contributed by atoms with van der Waals surface area (Å²) in [5.74, 6) is 0. The van der Waals surface area contributed by atoms with Crippen LogP contribution >= 0.6 is 0 Å². The van der Waals surface area contributed by atoms with Crippen LogP contribution < -0.4 is 5.73 Å². The van der Waals surface area contributed by atoms with Gasteiger partial charge in [-0.15, -0.1) is 0 Å². The zero-order chi connectivity index (χ0) is 32.0. The summed E-state index contributed by atoms with van der Waals surface area (Å²) >= 11 is 0. The number of rotatable bonds is 5. The second-order valence-corrected chi connectivity index (χ2v) is 12.5. The van der Waals surface area contributed by atoms with Crippen LogP contribution in [0.15, 0.2) is 170 Å². The van der Waals surface area contributed by atoms with E-state index in [0.29, 0.717) is 6.54 Å². The Bertz CT molecular complexity index is 2630. The molecule has 0 saturated carbocycles. The van der Waals surface area contributed by atoms with E-state index in [0.717, 1.165) is 33.1 Å². The van der Waals surface area contributed by atoms with E-state index in [9.17, 15) is 0 Å². The van der Waals surface area contributed by atoms with Crippen molar-refractivity contribution in [2.75, 3.05) is 0 Å². The normalized spacial score (nSPS) is 11.5. The molecule has 0 aliphatic carbocycles. The molecular weight excluding hydrogens is 581 g/mol. The third-order valence-corrected chi connectivity index (χ3v) is 9.64. The molecule has 0 aliphatic heterocycles. The summed E-state index contributed by atoms with van der Waals surface area (Å²) in [6.45, 7) is 0.546. The Balaban J connectivity index is 1.28. The van der Waals surface area contributed by atoms with Crippen LogP contribution in [-0.4, -0.2) is 4.98 Å². The molecule has 8 aromatic carbocycles. The van der Waals surface area contributed by atoms with Gasteiger partial charge in [-0.05, 0) is 90.1 Å². The van der Waals surface area contributed by atoms with Crippen LogP contribution in [-0.2, 0) is 6.54 Å². The van der Waals surface area contributed by atoms with Crippen molar-refractivity contribution in [3.05, 3.63) is 175 Å². The van der Waals surface area contributed by atoms with E-state index >= 15 is 0 Å². The molecule has 9 rings (SSSR count). The smallest absolute Gasteiger partial charge is 0.0794 e. The van der Waals surface area contributed by atoms with E-state index < -0.39 is 0 Å². The maximum Gasteiger partial charge on any atom is 0.0794 e. The minimum absolute atomic E-state index is 0.546. The number of nitrogens with zero attached hydrogens (tertiary/aromatic N) is 1. The lowest BCUT2D eigenvalue weighted by Gasteiger charge is -2.16. The van der Waals surface area contributed by atoms with E-state index in [1.807, 2.05) is 0 Å². The van der Waals surface area contributed by atoms with Gasteiger partial charge in [-0.2, -0.15) is 0 Å². The Morgan fingerprint density at radius 1 is 0.375 bits per heavy atom. The highest BCUT2D eigenvalue weighted by molar-refractivity contribution is 6.16. The van der Waals surface area contributed by atoms with Gasteiger partial charge in [0.05, 0.1) is 11.2 Å². The summed E-state index contributed by atoms with van der Waals surface area (Å²) in [6, 6.07) is 61.3. The highest BCUT2D eigenvalue weighted by atomic mass is 14.7. The van der Waals surface area contributed by atoms with E-state index in [4.69, 9.17) is 10.7 Å². The fraction of sp³-hybridized carbons (Fsp3) is 0.0217. The average Bonchev–Trinajstić information content (AvgIpc) is 3.17. The van der Waals surface area contributed by atoms with Crippen molar-refractivity contribution in [2.24, 2.45) is 5.73 Å². The van der Waals surface area contributed by atoms with Gasteiger partial charge in [0.15, 0.2) is 0 Å². The topological polar surface area (TPSA) is 38.9 Å². The maximum atomic E-state index is 5.83. The average molecular weight is 613 g/mol. The first-order valence-electron chi connectivity index (χ1n) is 16.5. The number of aromatic nitrogens is 1. The van der Waals surface area contributed by atoms with Crippen molar-refractivity contribution < 1.29 is 0 Å². The van der Waals surface area contributed by atoms with Crippen molar-refractivity contribution in [3.8, 4) is 44.6 Å². The Hall–Kier alpha value is -6.09. The van der Waals surface area contributed by atoms with Gasteiger partial charge in [-0.25, -0.2) is 4.98 Å². The zero-order valence-electron chi connectivity index (χ0n) is 26.4. The van der Waals surface area contributed by atoms with Gasteiger partial charge in [0.25, 0.3) is 0 Å². The molecule has 0 aliphatic rings. The van der Waals surface area contributed by atoms with Gasteiger partial charge in [0, 0.05) is 22.9 Å². The second kappa shape index (κ2) is 11.6. The van der Waals surface area contributed by atoms with Gasteiger partial charge in [0.1, 0.15) is 0 Å².